The Morgan fingerprint density at radius 1 is 0.396 bits per heavy atom. The summed E-state index contributed by atoms with van der Waals surface area (Å²) in [6, 6.07) is 0.705. The Hall–Kier alpha value is 0.660. The molecule has 3 heteroatoms. The molecule has 0 saturated heterocycles. The summed E-state index contributed by atoms with van der Waals surface area (Å²) >= 11 is 4.25. The zero-order valence-corrected chi connectivity index (χ0v) is 43.3. The lowest BCUT2D eigenvalue weighted by molar-refractivity contribution is 0.203. The van der Waals surface area contributed by atoms with Gasteiger partial charge in [-0.3, -0.25) is 0 Å². The van der Waals surface area contributed by atoms with E-state index in [1.807, 2.05) is 0 Å². The molecule has 0 aliphatic heterocycles. The second kappa shape index (κ2) is 37.0. The molecule has 0 N–H and O–H groups in total. The Labute approximate surface area is 350 Å². The van der Waals surface area contributed by atoms with Gasteiger partial charge in [0.1, 0.15) is 0 Å². The zero-order valence-electron chi connectivity index (χ0n) is 41.7. The van der Waals surface area contributed by atoms with E-state index in [0.717, 1.165) is 80.8 Å². The Balaban J connectivity index is -0.000000304. The summed E-state index contributed by atoms with van der Waals surface area (Å²) in [4.78, 5) is 2.63. The quantitative estimate of drug-likeness (QED) is 0.0907. The monoisotopic (exact) mass is 788 g/mol. The average molecular weight is 789 g/mol. The van der Waals surface area contributed by atoms with Crippen molar-refractivity contribution in [3.63, 3.8) is 0 Å². The van der Waals surface area contributed by atoms with Gasteiger partial charge in [-0.05, 0) is 147 Å². The minimum Gasteiger partial charge on any atom is -0.301 e. The molecule has 326 valence electrons. The van der Waals surface area contributed by atoms with Crippen LogP contribution in [0.25, 0.3) is 0 Å². The minimum absolute atomic E-state index is 0.705. The van der Waals surface area contributed by atoms with Crippen molar-refractivity contribution >= 4 is 23.5 Å². The molecule has 53 heavy (non-hydrogen) atoms. The third-order valence-electron chi connectivity index (χ3n) is 10.1. The highest BCUT2D eigenvalue weighted by atomic mass is 32.2. The van der Waals surface area contributed by atoms with E-state index >= 15 is 0 Å². The van der Waals surface area contributed by atoms with Gasteiger partial charge in [0.15, 0.2) is 0 Å². The fraction of sp³-hybridized carbons (Fsp3) is 1.00. The van der Waals surface area contributed by atoms with E-state index in [1.165, 1.54) is 70.2 Å². The first-order chi connectivity index (χ1) is 24.2. The molecule has 0 radical (unpaired) electrons. The lowest BCUT2D eigenvalue weighted by atomic mass is 9.80. The molecule has 0 spiro atoms. The molecule has 0 aliphatic rings. The van der Waals surface area contributed by atoms with Crippen LogP contribution in [0.3, 0.4) is 0 Å². The van der Waals surface area contributed by atoms with Gasteiger partial charge in [0.2, 0.25) is 0 Å². The van der Waals surface area contributed by atoms with Crippen LogP contribution < -0.4 is 0 Å². The van der Waals surface area contributed by atoms with Crippen molar-refractivity contribution in [2.45, 2.75) is 239 Å². The molecule has 2 atom stereocenters. The van der Waals surface area contributed by atoms with Crippen LogP contribution in [-0.2, 0) is 0 Å². The number of hydrogen-bond acceptors (Lipinski definition) is 3. The highest BCUT2D eigenvalue weighted by Gasteiger charge is 2.18. The third-order valence-corrected chi connectivity index (χ3v) is 12.8. The van der Waals surface area contributed by atoms with Crippen LogP contribution in [0.2, 0.25) is 0 Å². The molecule has 0 aromatic carbocycles. The van der Waals surface area contributed by atoms with Gasteiger partial charge in [0.05, 0.1) is 0 Å². The van der Waals surface area contributed by atoms with Crippen LogP contribution in [-0.4, -0.2) is 45.5 Å². The molecular formula is C50H109NS2. The van der Waals surface area contributed by atoms with Gasteiger partial charge in [0.25, 0.3) is 0 Å². The Morgan fingerprint density at radius 3 is 1.15 bits per heavy atom. The van der Waals surface area contributed by atoms with Gasteiger partial charge in [0, 0.05) is 17.0 Å². The maximum Gasteiger partial charge on any atom is 0.0143 e. The molecule has 0 amide bonds. The average Bonchev–Trinajstić information content (AvgIpc) is 2.97. The summed E-state index contributed by atoms with van der Waals surface area (Å²) < 4.78 is 0. The first-order valence-electron chi connectivity index (χ1n) is 23.2. The highest BCUT2D eigenvalue weighted by molar-refractivity contribution is 8.03. The van der Waals surface area contributed by atoms with Crippen LogP contribution >= 0.6 is 23.5 Å². The smallest absolute Gasteiger partial charge is 0.0143 e. The fourth-order valence-electron chi connectivity index (χ4n) is 6.86. The second-order valence-corrected chi connectivity index (χ2v) is 24.5. The topological polar surface area (TPSA) is 3.24 Å². The van der Waals surface area contributed by atoms with Crippen molar-refractivity contribution < 1.29 is 0 Å². The summed E-state index contributed by atoms with van der Waals surface area (Å²) in [6.45, 7) is 58.3. The number of thioether (sulfide) groups is 2. The summed E-state index contributed by atoms with van der Waals surface area (Å²) in [5.41, 5.74) is 0. The summed E-state index contributed by atoms with van der Waals surface area (Å²) in [5, 5.41) is 2.39. The predicted octanol–water partition coefficient (Wildman–Crippen LogP) is 17.6. The molecule has 0 fully saturated rings. The maximum absolute atomic E-state index is 2.63. The largest absolute Gasteiger partial charge is 0.301 e. The molecule has 0 aromatic heterocycles. The molecule has 0 aromatic rings. The summed E-state index contributed by atoms with van der Waals surface area (Å²) in [5.74, 6) is 10.8. The minimum atomic E-state index is 0.705. The second-order valence-electron chi connectivity index (χ2n) is 21.1. The van der Waals surface area contributed by atoms with Crippen molar-refractivity contribution in [2.24, 2.45) is 65.1 Å². The van der Waals surface area contributed by atoms with Gasteiger partial charge in [-0.15, -0.1) is 0 Å². The van der Waals surface area contributed by atoms with E-state index < -0.39 is 0 Å². The normalized spacial score (nSPS) is 13.5. The molecule has 0 bridgehead atoms. The third kappa shape index (κ3) is 46.9. The lowest BCUT2D eigenvalue weighted by Crippen LogP contribution is -2.33. The maximum atomic E-state index is 2.63. The molecule has 0 heterocycles. The zero-order chi connectivity index (χ0) is 42.4. The van der Waals surface area contributed by atoms with Gasteiger partial charge in [-0.1, -0.05) is 159 Å². The Bertz CT molecular complexity index is 701. The summed E-state index contributed by atoms with van der Waals surface area (Å²) in [7, 11) is 0. The number of nitrogens with zero attached hydrogens (tertiary/aromatic N) is 1. The van der Waals surface area contributed by atoms with Crippen molar-refractivity contribution in [1.82, 2.24) is 4.90 Å². The molecular weight excluding hydrogens is 679 g/mol. The van der Waals surface area contributed by atoms with Crippen molar-refractivity contribution in [3.8, 4) is 0 Å². The fourth-order valence-corrected chi connectivity index (χ4v) is 9.41. The lowest BCUT2D eigenvalue weighted by Gasteiger charge is -2.27. The Kier molecular flexibility index (Phi) is 42.1. The van der Waals surface area contributed by atoms with E-state index in [0.29, 0.717) is 6.04 Å². The van der Waals surface area contributed by atoms with Crippen molar-refractivity contribution in [2.75, 3.05) is 18.8 Å². The van der Waals surface area contributed by atoms with Crippen molar-refractivity contribution in [1.29, 1.82) is 0 Å². The van der Waals surface area contributed by atoms with Crippen LogP contribution in [0.5, 0.6) is 0 Å². The van der Waals surface area contributed by atoms with E-state index in [9.17, 15) is 0 Å². The van der Waals surface area contributed by atoms with Crippen LogP contribution in [0, 0.1) is 65.1 Å². The molecule has 0 saturated carbocycles. The predicted molar refractivity (Wildman–Crippen MR) is 258 cm³/mol. The van der Waals surface area contributed by atoms with Gasteiger partial charge < -0.3 is 4.90 Å². The van der Waals surface area contributed by atoms with Crippen LogP contribution in [0.1, 0.15) is 218 Å². The van der Waals surface area contributed by atoms with E-state index in [1.54, 1.807) is 0 Å². The van der Waals surface area contributed by atoms with Gasteiger partial charge in [-0.25, -0.2) is 0 Å². The molecule has 0 aliphatic carbocycles. The number of hydrogen-bond donors (Lipinski definition) is 0. The van der Waals surface area contributed by atoms with Gasteiger partial charge >= 0.3 is 0 Å². The summed E-state index contributed by atoms with van der Waals surface area (Å²) in [6.07, 6.45) is 11.0. The highest BCUT2D eigenvalue weighted by Crippen LogP contribution is 2.29. The van der Waals surface area contributed by atoms with Crippen LogP contribution in [0.4, 0.5) is 0 Å². The Morgan fingerprint density at radius 2 is 0.849 bits per heavy atom. The first-order valence-corrected chi connectivity index (χ1v) is 25.2. The molecule has 1 nitrogen and oxygen atoms in total. The van der Waals surface area contributed by atoms with Crippen molar-refractivity contribution in [3.05, 3.63) is 0 Å². The number of rotatable bonds is 25. The van der Waals surface area contributed by atoms with E-state index in [4.69, 9.17) is 0 Å². The molecule has 2 unspecified atom stereocenters. The van der Waals surface area contributed by atoms with E-state index in [2.05, 4.69) is 195 Å². The van der Waals surface area contributed by atoms with Gasteiger partial charge in [-0.2, -0.15) is 23.5 Å². The first kappa shape index (κ1) is 60.3. The van der Waals surface area contributed by atoms with E-state index in [-0.39, 0.29) is 0 Å². The SMILES string of the molecule is CC(C)CC(C(C)C)C(C)C.CC(C)CC(CSC(C)C)SC(C)C.CC(C)CCC(CC(C)C)C(C)C.CC(C)CCCN(CCC(C)C)C(C)C. The molecule has 0 rings (SSSR count). The van der Waals surface area contributed by atoms with Crippen LogP contribution in [0.15, 0.2) is 0 Å². The standard InChI is InChI=1S/C14H31N.C13H28.C12H26S2.C11H24/c1-12(2)8-7-10-15(14(5)6)11-9-13(3)4;1-10(2)7-8-13(12(5)6)9-11(3)4;1-9(2)7-12(14-11(5)6)8-13-10(3)4;1-8(2)7-11(9(3)4)10(5)6/h12-14H,7-11H2,1-6H3;10-13H,7-9H2,1-6H3;9-12H,7-8H2,1-6H3;8-11H,7H2,1-6H3.